The second-order valence-electron chi connectivity index (χ2n) is 6.50. The molecule has 10 heteroatoms. The molecule has 0 saturated carbocycles. The molecule has 162 valence electrons. The first-order chi connectivity index (χ1) is 13.8. The van der Waals surface area contributed by atoms with Gasteiger partial charge in [0.2, 0.25) is 5.91 Å². The number of ether oxygens (including phenoxy) is 3. The molecule has 1 aliphatic heterocycles. The van der Waals surface area contributed by atoms with Gasteiger partial charge in [-0.15, -0.1) is 0 Å². The Kier molecular flexibility index (Phi) is 11.1. The van der Waals surface area contributed by atoms with E-state index in [9.17, 15) is 24.3 Å². The van der Waals surface area contributed by atoms with Gasteiger partial charge in [-0.3, -0.25) is 19.4 Å². The van der Waals surface area contributed by atoms with Gasteiger partial charge in [0.25, 0.3) is 11.8 Å². The predicted molar refractivity (Wildman–Crippen MR) is 102 cm³/mol. The summed E-state index contributed by atoms with van der Waals surface area (Å²) in [6, 6.07) is 0. The number of nitrogens with zero attached hydrogens (tertiary/aromatic N) is 2. The number of rotatable bonds is 14. The third-order valence-corrected chi connectivity index (χ3v) is 3.88. The van der Waals surface area contributed by atoms with Crippen molar-refractivity contribution in [1.29, 1.82) is 0 Å². The normalized spacial score (nSPS) is 17.3. The highest BCUT2D eigenvalue weighted by Crippen LogP contribution is 2.10. The SMILES string of the molecule is COC(C=O)[C@H](CO)O[C@@H](C=NCCCCC(=O)N1C(=O)C=CC1=O)OC(C)C. The molecule has 1 N–H and O–H groups in total. The maximum atomic E-state index is 11.9. The van der Waals surface area contributed by atoms with Crippen molar-refractivity contribution in [2.75, 3.05) is 20.3 Å². The van der Waals surface area contributed by atoms with E-state index >= 15 is 0 Å². The van der Waals surface area contributed by atoms with Crippen LogP contribution in [0.2, 0.25) is 0 Å². The van der Waals surface area contributed by atoms with Gasteiger partial charge in [0.05, 0.1) is 18.9 Å². The number of aldehydes is 1. The van der Waals surface area contributed by atoms with E-state index in [-0.39, 0.29) is 12.5 Å². The molecule has 10 nitrogen and oxygen atoms in total. The lowest BCUT2D eigenvalue weighted by atomic mass is 10.2. The van der Waals surface area contributed by atoms with Crippen molar-refractivity contribution in [3.8, 4) is 0 Å². The summed E-state index contributed by atoms with van der Waals surface area (Å²) >= 11 is 0. The van der Waals surface area contributed by atoms with E-state index in [0.717, 1.165) is 12.2 Å². The van der Waals surface area contributed by atoms with Crippen LogP contribution in [-0.4, -0.2) is 85.1 Å². The summed E-state index contributed by atoms with van der Waals surface area (Å²) in [6.07, 6.45) is 2.19. The van der Waals surface area contributed by atoms with Crippen LogP contribution in [0.25, 0.3) is 0 Å². The van der Waals surface area contributed by atoms with Crippen molar-refractivity contribution in [1.82, 2.24) is 4.90 Å². The van der Waals surface area contributed by atoms with Crippen LogP contribution in [-0.2, 0) is 33.4 Å². The summed E-state index contributed by atoms with van der Waals surface area (Å²) in [5.41, 5.74) is 0. The molecule has 3 amide bonds. The molecule has 0 bridgehead atoms. The Morgan fingerprint density at radius 2 is 1.86 bits per heavy atom. The minimum atomic E-state index is -0.942. The standard InChI is InChI=1S/C19H28N2O8/c1-13(2)28-19(29-15(12-23)14(11-22)27-3)10-20-9-5-4-6-16(24)21-17(25)7-8-18(21)26/h7-8,10-11,13-15,19,23H,4-6,9,12H2,1-3H3/t14?,15-,19-/m0/s1. The Balaban J connectivity index is 2.45. The number of hydrogen-bond donors (Lipinski definition) is 1. The summed E-state index contributed by atoms with van der Waals surface area (Å²) in [7, 11) is 1.33. The van der Waals surface area contributed by atoms with Crippen LogP contribution in [0.4, 0.5) is 0 Å². The van der Waals surface area contributed by atoms with Gasteiger partial charge in [-0.05, 0) is 26.7 Å². The number of methoxy groups -OCH3 is 1. The van der Waals surface area contributed by atoms with E-state index < -0.39 is 42.8 Å². The van der Waals surface area contributed by atoms with Gasteiger partial charge < -0.3 is 24.1 Å². The number of carbonyl (C=O) groups excluding carboxylic acids is 4. The van der Waals surface area contributed by atoms with Crippen molar-refractivity contribution in [2.45, 2.75) is 57.7 Å². The molecule has 1 heterocycles. The lowest BCUT2D eigenvalue weighted by molar-refractivity contribution is -0.182. The van der Waals surface area contributed by atoms with Gasteiger partial charge in [0, 0.05) is 32.2 Å². The summed E-state index contributed by atoms with van der Waals surface area (Å²) in [5.74, 6) is -1.78. The fraction of sp³-hybridized carbons (Fsp3) is 0.632. The quantitative estimate of drug-likeness (QED) is 0.139. The topological polar surface area (TPSA) is 132 Å². The number of aliphatic hydroxyl groups is 1. The second kappa shape index (κ2) is 13.0. The first kappa shape index (κ1) is 24.8. The molecule has 0 aromatic heterocycles. The van der Waals surface area contributed by atoms with E-state index in [1.165, 1.54) is 13.3 Å². The molecule has 0 aromatic carbocycles. The van der Waals surface area contributed by atoms with Crippen LogP contribution >= 0.6 is 0 Å². The highest BCUT2D eigenvalue weighted by molar-refractivity contribution is 6.22. The molecule has 3 atom stereocenters. The fourth-order valence-corrected chi connectivity index (χ4v) is 2.46. The highest BCUT2D eigenvalue weighted by atomic mass is 16.7. The molecule has 0 fully saturated rings. The predicted octanol–water partition coefficient (Wildman–Crippen LogP) is 0.0216. The molecular formula is C19H28N2O8. The van der Waals surface area contributed by atoms with Gasteiger partial charge in [-0.1, -0.05) is 0 Å². The third-order valence-electron chi connectivity index (χ3n) is 3.88. The van der Waals surface area contributed by atoms with Crippen molar-refractivity contribution >= 4 is 30.2 Å². The minimum Gasteiger partial charge on any atom is -0.394 e. The van der Waals surface area contributed by atoms with E-state index in [4.69, 9.17) is 14.2 Å². The fourth-order valence-electron chi connectivity index (χ4n) is 2.46. The minimum absolute atomic E-state index is 0.0541. The number of imide groups is 3. The Labute approximate surface area is 169 Å². The Morgan fingerprint density at radius 1 is 1.21 bits per heavy atom. The summed E-state index contributed by atoms with van der Waals surface area (Å²) < 4.78 is 16.1. The van der Waals surface area contributed by atoms with Crippen LogP contribution < -0.4 is 0 Å². The van der Waals surface area contributed by atoms with E-state index in [1.807, 2.05) is 0 Å². The monoisotopic (exact) mass is 412 g/mol. The summed E-state index contributed by atoms with van der Waals surface area (Å²) in [4.78, 5) is 50.6. The lowest BCUT2D eigenvalue weighted by Gasteiger charge is -2.25. The van der Waals surface area contributed by atoms with E-state index in [1.54, 1.807) is 13.8 Å². The van der Waals surface area contributed by atoms with Gasteiger partial charge in [0.1, 0.15) is 12.2 Å². The van der Waals surface area contributed by atoms with E-state index in [2.05, 4.69) is 4.99 Å². The molecule has 1 aliphatic rings. The average molecular weight is 412 g/mol. The van der Waals surface area contributed by atoms with Crippen LogP contribution in [0.1, 0.15) is 33.1 Å². The van der Waals surface area contributed by atoms with Crippen LogP contribution in [0.15, 0.2) is 17.1 Å². The Hall–Kier alpha value is -2.27. The molecule has 0 aliphatic carbocycles. The highest BCUT2D eigenvalue weighted by Gasteiger charge is 2.29. The molecule has 0 spiro atoms. The number of amides is 3. The lowest BCUT2D eigenvalue weighted by Crippen LogP contribution is -2.40. The van der Waals surface area contributed by atoms with Crippen molar-refractivity contribution in [3.63, 3.8) is 0 Å². The largest absolute Gasteiger partial charge is 0.394 e. The first-order valence-electron chi connectivity index (χ1n) is 9.32. The van der Waals surface area contributed by atoms with Crippen molar-refractivity contribution in [2.24, 2.45) is 4.99 Å². The van der Waals surface area contributed by atoms with Gasteiger partial charge >= 0.3 is 0 Å². The zero-order valence-corrected chi connectivity index (χ0v) is 16.9. The maximum absolute atomic E-state index is 11.9. The Morgan fingerprint density at radius 3 is 2.38 bits per heavy atom. The van der Waals surface area contributed by atoms with Gasteiger partial charge in [-0.25, -0.2) is 4.90 Å². The second-order valence-corrected chi connectivity index (χ2v) is 6.50. The smallest absolute Gasteiger partial charge is 0.260 e. The molecule has 1 rings (SSSR count). The van der Waals surface area contributed by atoms with Crippen LogP contribution in [0, 0.1) is 0 Å². The van der Waals surface area contributed by atoms with Gasteiger partial charge in [0.15, 0.2) is 12.6 Å². The molecule has 0 aromatic rings. The summed E-state index contributed by atoms with van der Waals surface area (Å²) in [6.45, 7) is 3.52. The Bertz CT molecular complexity index is 614. The molecule has 1 unspecified atom stereocenters. The molecule has 29 heavy (non-hydrogen) atoms. The van der Waals surface area contributed by atoms with Gasteiger partial charge in [-0.2, -0.15) is 0 Å². The van der Waals surface area contributed by atoms with Crippen LogP contribution in [0.5, 0.6) is 0 Å². The molecule has 0 radical (unpaired) electrons. The summed E-state index contributed by atoms with van der Waals surface area (Å²) in [5, 5.41) is 9.41. The zero-order valence-electron chi connectivity index (χ0n) is 16.9. The number of hydrogen-bond acceptors (Lipinski definition) is 9. The van der Waals surface area contributed by atoms with Crippen molar-refractivity contribution < 1.29 is 38.5 Å². The molecule has 0 saturated heterocycles. The first-order valence-corrected chi connectivity index (χ1v) is 9.32. The third kappa shape index (κ3) is 8.32. The molecular weight excluding hydrogens is 384 g/mol. The zero-order chi connectivity index (χ0) is 21.8. The maximum Gasteiger partial charge on any atom is 0.260 e. The average Bonchev–Trinajstić information content (AvgIpc) is 3.01. The number of carbonyl (C=O) groups is 4. The number of aliphatic imine (C=N–C) groups is 1. The van der Waals surface area contributed by atoms with E-state index in [0.29, 0.717) is 30.6 Å². The number of unbranched alkanes of at least 4 members (excludes halogenated alkanes) is 1. The number of aliphatic hydroxyl groups excluding tert-OH is 1. The van der Waals surface area contributed by atoms with Crippen LogP contribution in [0.3, 0.4) is 0 Å². The van der Waals surface area contributed by atoms with Crippen molar-refractivity contribution in [3.05, 3.63) is 12.2 Å².